The Morgan fingerprint density at radius 2 is 1.27 bits per heavy atom. The van der Waals surface area contributed by atoms with Gasteiger partial charge in [-0.2, -0.15) is 0 Å². The van der Waals surface area contributed by atoms with Crippen LogP contribution in [-0.2, 0) is 9.32 Å². The van der Waals surface area contributed by atoms with Gasteiger partial charge >= 0.3 is 14.6 Å². The minimum absolute atomic E-state index is 0.115. The molecule has 0 aliphatic carbocycles. The van der Waals surface area contributed by atoms with Crippen LogP contribution in [0.15, 0.2) is 0 Å². The Labute approximate surface area is 157 Å². The molecule has 2 heterocycles. The predicted octanol–water partition coefficient (Wildman–Crippen LogP) is -0.338. The van der Waals surface area contributed by atoms with Gasteiger partial charge in [0.05, 0.1) is 6.54 Å². The van der Waals surface area contributed by atoms with Gasteiger partial charge in [-0.15, -0.1) is 0 Å². The third kappa shape index (κ3) is 9.01. The van der Waals surface area contributed by atoms with Gasteiger partial charge < -0.3 is 24.7 Å². The molecule has 0 amide bonds. The summed E-state index contributed by atoms with van der Waals surface area (Å²) < 4.78 is 5.02. The Balaban J connectivity index is 1.97. The molecule has 2 aliphatic rings. The molecule has 2 saturated heterocycles. The van der Waals surface area contributed by atoms with Crippen LogP contribution in [0.2, 0.25) is 0 Å². The van der Waals surface area contributed by atoms with Gasteiger partial charge in [-0.3, -0.25) is 19.1 Å². The van der Waals surface area contributed by atoms with E-state index in [-0.39, 0.29) is 13.3 Å². The van der Waals surface area contributed by atoms with Crippen LogP contribution in [0.1, 0.15) is 19.3 Å². The van der Waals surface area contributed by atoms with E-state index in [2.05, 4.69) is 19.6 Å². The van der Waals surface area contributed by atoms with Gasteiger partial charge in [-0.1, -0.05) is 0 Å². The molecule has 2 bridgehead atoms. The number of carboxylic acids is 1. The summed E-state index contributed by atoms with van der Waals surface area (Å²) in [5, 5.41) is 9.13. The van der Waals surface area contributed by atoms with Crippen LogP contribution in [0.5, 0.6) is 0 Å². The molecule has 0 radical (unpaired) electrons. The molecule has 0 aromatic heterocycles. The van der Waals surface area contributed by atoms with Gasteiger partial charge in [-0.05, 0) is 45.4 Å². The summed E-state index contributed by atoms with van der Waals surface area (Å²) in [4.78, 5) is 38.2. The van der Waals surface area contributed by atoms with Crippen molar-refractivity contribution in [2.45, 2.75) is 19.3 Å². The maximum Gasteiger partial charge on any atom is 0.328 e. The molecule has 2 atom stereocenters. The van der Waals surface area contributed by atoms with E-state index in [0.29, 0.717) is 0 Å². The van der Waals surface area contributed by atoms with E-state index >= 15 is 0 Å². The average Bonchev–Trinajstić information content (AvgIpc) is 2.65. The van der Waals surface area contributed by atoms with Gasteiger partial charge in [0.15, 0.2) is 0 Å². The fourth-order valence-corrected chi connectivity index (χ4v) is 3.89. The van der Waals surface area contributed by atoms with Crippen molar-refractivity contribution < 1.29 is 24.2 Å². The maximum absolute atomic E-state index is 11.1. The van der Waals surface area contributed by atoms with Crippen LogP contribution in [0.3, 0.4) is 0 Å². The minimum Gasteiger partial charge on any atom is -0.480 e. The number of hydrogen-bond acceptors (Lipinski definition) is 8. The monoisotopic (exact) mass is 392 g/mol. The third-order valence-corrected chi connectivity index (χ3v) is 5.37. The first kappa shape index (κ1) is 21.9. The molecule has 3 N–H and O–H groups in total. The SMILES string of the molecule is O=C(O)CN1CCCN2CCCN(CCCN(COP(O)O)CC2)CC1. The van der Waals surface area contributed by atoms with E-state index in [1.54, 1.807) is 0 Å². The molecule has 2 fully saturated rings. The topological polar surface area (TPSA) is 100.0 Å². The number of aliphatic carboxylic acids is 1. The third-order valence-electron chi connectivity index (χ3n) is 5.03. The van der Waals surface area contributed by atoms with E-state index in [0.717, 1.165) is 84.7 Å². The molecule has 26 heavy (non-hydrogen) atoms. The van der Waals surface area contributed by atoms with Crippen LogP contribution in [-0.4, -0.2) is 119 Å². The van der Waals surface area contributed by atoms with Crippen molar-refractivity contribution in [1.29, 1.82) is 0 Å². The van der Waals surface area contributed by atoms with E-state index in [9.17, 15) is 4.79 Å². The van der Waals surface area contributed by atoms with Crippen molar-refractivity contribution in [2.75, 3.05) is 78.7 Å². The zero-order valence-electron chi connectivity index (χ0n) is 15.5. The summed E-state index contributed by atoms with van der Waals surface area (Å²) in [5.41, 5.74) is 0. The van der Waals surface area contributed by atoms with Gasteiger partial charge in [-0.25, -0.2) is 0 Å². The summed E-state index contributed by atoms with van der Waals surface area (Å²) in [6.07, 6.45) is 3.06. The van der Waals surface area contributed by atoms with Crippen LogP contribution in [0.4, 0.5) is 0 Å². The van der Waals surface area contributed by atoms with Crippen LogP contribution in [0, 0.1) is 0 Å². The van der Waals surface area contributed by atoms with E-state index in [4.69, 9.17) is 19.4 Å². The van der Waals surface area contributed by atoms with Crippen LogP contribution < -0.4 is 0 Å². The number of carboxylic acid groups (broad SMARTS) is 1. The molecule has 9 nitrogen and oxygen atoms in total. The average molecular weight is 392 g/mol. The van der Waals surface area contributed by atoms with Crippen molar-refractivity contribution in [3.05, 3.63) is 0 Å². The van der Waals surface area contributed by atoms with E-state index in [1.165, 1.54) is 0 Å². The van der Waals surface area contributed by atoms with E-state index < -0.39 is 14.6 Å². The Hall–Kier alpha value is -0.380. The second kappa shape index (κ2) is 12.2. The summed E-state index contributed by atoms with van der Waals surface area (Å²) in [5.74, 6) is -0.757. The Kier molecular flexibility index (Phi) is 10.2. The van der Waals surface area contributed by atoms with Gasteiger partial charge in [0.25, 0.3) is 0 Å². The molecule has 2 rings (SSSR count). The van der Waals surface area contributed by atoms with Crippen LogP contribution in [0.25, 0.3) is 0 Å². The molecule has 0 aromatic rings. The van der Waals surface area contributed by atoms with Gasteiger partial charge in [0.1, 0.15) is 6.73 Å². The zero-order chi connectivity index (χ0) is 18.8. The van der Waals surface area contributed by atoms with Crippen molar-refractivity contribution in [3.8, 4) is 0 Å². The van der Waals surface area contributed by atoms with Crippen molar-refractivity contribution in [1.82, 2.24) is 19.6 Å². The number of rotatable bonds is 5. The summed E-state index contributed by atoms with van der Waals surface area (Å²) in [6.45, 7) is 9.45. The maximum atomic E-state index is 11.1. The number of nitrogens with zero attached hydrogens (tertiary/aromatic N) is 4. The zero-order valence-corrected chi connectivity index (χ0v) is 16.4. The molecule has 0 aromatic carbocycles. The molecule has 152 valence electrons. The summed E-state index contributed by atoms with van der Waals surface area (Å²) in [7, 11) is -2.31. The lowest BCUT2D eigenvalue weighted by atomic mass is 10.3. The van der Waals surface area contributed by atoms with Crippen molar-refractivity contribution in [2.24, 2.45) is 0 Å². The van der Waals surface area contributed by atoms with Gasteiger partial charge in [0, 0.05) is 39.3 Å². The molecule has 0 spiro atoms. The minimum atomic E-state index is -2.31. The number of fused-ring (bicyclic) bond motifs is 4. The predicted molar refractivity (Wildman–Crippen MR) is 99.7 cm³/mol. The van der Waals surface area contributed by atoms with Gasteiger partial charge in [0.2, 0.25) is 0 Å². The van der Waals surface area contributed by atoms with Crippen LogP contribution >= 0.6 is 8.60 Å². The number of hydrogen-bond donors (Lipinski definition) is 3. The normalized spacial score (nSPS) is 28.0. The largest absolute Gasteiger partial charge is 0.480 e. The van der Waals surface area contributed by atoms with Crippen molar-refractivity contribution in [3.63, 3.8) is 0 Å². The standard InChI is InChI=1S/C16H33N4O5P/c21-16(22)14-19-8-2-6-18-5-1-4-17(10-12-19)7-3-9-20(13-11-18)15-25-26(23)24/h23-24H,1-15H2,(H,21,22). The molecule has 2 aliphatic heterocycles. The lowest BCUT2D eigenvalue weighted by Crippen LogP contribution is -2.41. The second-order valence-corrected chi connectivity index (χ2v) is 7.81. The molecular formula is C16H33N4O5P. The Bertz CT molecular complexity index is 418. The number of carbonyl (C=O) groups is 1. The highest BCUT2D eigenvalue weighted by Crippen LogP contribution is 2.24. The Morgan fingerprint density at radius 1 is 0.769 bits per heavy atom. The smallest absolute Gasteiger partial charge is 0.328 e. The molecule has 0 saturated carbocycles. The fraction of sp³-hybridized carbons (Fsp3) is 0.938. The fourth-order valence-electron chi connectivity index (χ4n) is 3.63. The first-order valence-corrected chi connectivity index (χ1v) is 10.6. The summed E-state index contributed by atoms with van der Waals surface area (Å²) >= 11 is 0. The quantitative estimate of drug-likeness (QED) is 0.543. The first-order valence-electron chi connectivity index (χ1n) is 9.45. The molecular weight excluding hydrogens is 359 g/mol. The molecule has 10 heteroatoms. The van der Waals surface area contributed by atoms with E-state index in [1.807, 2.05) is 0 Å². The highest BCUT2D eigenvalue weighted by molar-refractivity contribution is 7.39. The Morgan fingerprint density at radius 3 is 1.81 bits per heavy atom. The highest BCUT2D eigenvalue weighted by atomic mass is 31.2. The highest BCUT2D eigenvalue weighted by Gasteiger charge is 2.18. The lowest BCUT2D eigenvalue weighted by Gasteiger charge is -2.29. The summed E-state index contributed by atoms with van der Waals surface area (Å²) in [6, 6.07) is 0. The first-order chi connectivity index (χ1) is 12.5. The second-order valence-electron chi connectivity index (χ2n) is 7.04. The lowest BCUT2D eigenvalue weighted by molar-refractivity contribution is -0.138. The van der Waals surface area contributed by atoms with Crippen molar-refractivity contribution >= 4 is 14.6 Å². The molecule has 2 unspecified atom stereocenters.